The Morgan fingerprint density at radius 1 is 1.40 bits per heavy atom. The molecule has 1 heterocycles. The van der Waals surface area contributed by atoms with Crippen molar-refractivity contribution in [2.45, 2.75) is 39.3 Å². The third kappa shape index (κ3) is 3.89. The van der Waals surface area contributed by atoms with Gasteiger partial charge in [-0.15, -0.1) is 0 Å². The molecule has 0 spiro atoms. The molecular formula is C17H24FNO. The zero-order valence-electron chi connectivity index (χ0n) is 12.4. The molecule has 0 bridgehead atoms. The molecule has 2 rings (SSSR count). The number of alkyl halides is 1. The van der Waals surface area contributed by atoms with Gasteiger partial charge in [-0.05, 0) is 31.4 Å². The molecule has 1 fully saturated rings. The Labute approximate surface area is 121 Å². The van der Waals surface area contributed by atoms with Crippen LogP contribution in [0.5, 0.6) is 0 Å². The molecule has 0 saturated carbocycles. The number of hydrogen-bond donors (Lipinski definition) is 0. The van der Waals surface area contributed by atoms with Crippen LogP contribution in [0.1, 0.15) is 42.6 Å². The minimum Gasteiger partial charge on any atom is -0.300 e. The highest BCUT2D eigenvalue weighted by molar-refractivity contribution is 5.97. The van der Waals surface area contributed by atoms with Crippen LogP contribution in [0.15, 0.2) is 24.3 Å². The summed E-state index contributed by atoms with van der Waals surface area (Å²) in [5.41, 5.74) is 2.01. The van der Waals surface area contributed by atoms with Gasteiger partial charge in [-0.1, -0.05) is 38.1 Å². The van der Waals surface area contributed by atoms with Crippen molar-refractivity contribution in [3.8, 4) is 0 Å². The van der Waals surface area contributed by atoms with E-state index < -0.39 is 6.17 Å². The van der Waals surface area contributed by atoms with Crippen LogP contribution in [0.2, 0.25) is 0 Å². The molecule has 0 N–H and O–H groups in total. The number of halogens is 1. The Morgan fingerprint density at radius 3 is 2.70 bits per heavy atom. The van der Waals surface area contributed by atoms with Crippen LogP contribution in [0.25, 0.3) is 0 Å². The smallest absolute Gasteiger partial charge is 0.166 e. The molecule has 1 aliphatic rings. The number of ketones is 1. The number of piperidine rings is 1. The SMILES string of the molecule is CCc1ccc(C(=O)C(C)CN2CCCC(F)C2)cc1. The Bertz CT molecular complexity index is 443. The van der Waals surface area contributed by atoms with Crippen molar-refractivity contribution >= 4 is 5.78 Å². The average Bonchev–Trinajstić information content (AvgIpc) is 2.46. The standard InChI is InChI=1S/C17H24FNO/c1-3-14-6-8-15(9-7-14)17(20)13(2)11-19-10-4-5-16(18)12-19/h6-9,13,16H,3-5,10-12H2,1-2H3. The van der Waals surface area contributed by atoms with Gasteiger partial charge in [0.05, 0.1) is 0 Å². The second kappa shape index (κ2) is 6.98. The van der Waals surface area contributed by atoms with Crippen LogP contribution >= 0.6 is 0 Å². The minimum atomic E-state index is -0.727. The van der Waals surface area contributed by atoms with Crippen LogP contribution < -0.4 is 0 Å². The number of carbonyl (C=O) groups is 1. The summed E-state index contributed by atoms with van der Waals surface area (Å²) in [5.74, 6) is 0.0846. The summed E-state index contributed by atoms with van der Waals surface area (Å²) in [6.07, 6.45) is 1.81. The van der Waals surface area contributed by atoms with E-state index in [0.717, 1.165) is 24.9 Å². The second-order valence-corrected chi connectivity index (χ2v) is 5.81. The third-order valence-corrected chi connectivity index (χ3v) is 4.07. The molecule has 1 aliphatic heterocycles. The number of aryl methyl sites for hydroxylation is 1. The number of benzene rings is 1. The molecule has 1 saturated heterocycles. The number of rotatable bonds is 5. The van der Waals surface area contributed by atoms with E-state index in [1.807, 2.05) is 31.2 Å². The molecule has 3 heteroatoms. The predicted octanol–water partition coefficient (Wildman–Crippen LogP) is 3.50. The van der Waals surface area contributed by atoms with Gasteiger partial charge in [0.2, 0.25) is 0 Å². The lowest BCUT2D eigenvalue weighted by atomic mass is 9.96. The van der Waals surface area contributed by atoms with Gasteiger partial charge < -0.3 is 0 Å². The first-order chi connectivity index (χ1) is 9.60. The van der Waals surface area contributed by atoms with E-state index in [1.165, 1.54) is 5.56 Å². The van der Waals surface area contributed by atoms with Gasteiger partial charge in [0.1, 0.15) is 6.17 Å². The maximum Gasteiger partial charge on any atom is 0.166 e. The summed E-state index contributed by atoms with van der Waals surface area (Å²) in [6.45, 7) is 6.09. The first-order valence-electron chi connectivity index (χ1n) is 7.59. The van der Waals surface area contributed by atoms with Crippen molar-refractivity contribution in [3.63, 3.8) is 0 Å². The van der Waals surface area contributed by atoms with E-state index in [2.05, 4.69) is 11.8 Å². The van der Waals surface area contributed by atoms with E-state index in [1.54, 1.807) is 0 Å². The normalized spacial score (nSPS) is 21.6. The van der Waals surface area contributed by atoms with E-state index >= 15 is 0 Å². The van der Waals surface area contributed by atoms with Crippen LogP contribution in [-0.2, 0) is 6.42 Å². The van der Waals surface area contributed by atoms with Gasteiger partial charge in [0, 0.05) is 24.6 Å². The predicted molar refractivity (Wildman–Crippen MR) is 79.9 cm³/mol. The van der Waals surface area contributed by atoms with Crippen molar-refractivity contribution in [1.29, 1.82) is 0 Å². The topological polar surface area (TPSA) is 20.3 Å². The molecule has 1 aromatic rings. The molecule has 20 heavy (non-hydrogen) atoms. The van der Waals surface area contributed by atoms with Crippen molar-refractivity contribution < 1.29 is 9.18 Å². The van der Waals surface area contributed by atoms with Crippen LogP contribution in [0, 0.1) is 5.92 Å². The average molecular weight is 277 g/mol. The highest BCUT2D eigenvalue weighted by Crippen LogP contribution is 2.17. The first-order valence-corrected chi connectivity index (χ1v) is 7.59. The van der Waals surface area contributed by atoms with Crippen molar-refractivity contribution in [2.75, 3.05) is 19.6 Å². The zero-order valence-corrected chi connectivity index (χ0v) is 12.4. The van der Waals surface area contributed by atoms with Crippen LogP contribution in [0.4, 0.5) is 4.39 Å². The highest BCUT2D eigenvalue weighted by atomic mass is 19.1. The fraction of sp³-hybridized carbons (Fsp3) is 0.588. The Hall–Kier alpha value is -1.22. The largest absolute Gasteiger partial charge is 0.300 e. The summed E-state index contributed by atoms with van der Waals surface area (Å²) >= 11 is 0. The van der Waals surface area contributed by atoms with Crippen molar-refractivity contribution in [3.05, 3.63) is 35.4 Å². The molecule has 1 aromatic carbocycles. The molecule has 0 aliphatic carbocycles. The Kier molecular flexibility index (Phi) is 5.30. The van der Waals surface area contributed by atoms with Gasteiger partial charge in [0.25, 0.3) is 0 Å². The fourth-order valence-electron chi connectivity index (χ4n) is 2.82. The Morgan fingerprint density at radius 2 is 2.10 bits per heavy atom. The summed E-state index contributed by atoms with van der Waals surface area (Å²) in [5, 5.41) is 0. The maximum atomic E-state index is 13.4. The fourth-order valence-corrected chi connectivity index (χ4v) is 2.82. The first kappa shape index (κ1) is 15.2. The number of hydrogen-bond acceptors (Lipinski definition) is 2. The minimum absolute atomic E-state index is 0.0761. The van der Waals surface area contributed by atoms with Gasteiger partial charge in [0.15, 0.2) is 5.78 Å². The molecule has 2 nitrogen and oxygen atoms in total. The molecular weight excluding hydrogens is 253 g/mol. The summed E-state index contributed by atoms with van der Waals surface area (Å²) < 4.78 is 13.4. The second-order valence-electron chi connectivity index (χ2n) is 5.81. The summed E-state index contributed by atoms with van der Waals surface area (Å²) in [4.78, 5) is 14.5. The van der Waals surface area contributed by atoms with Crippen LogP contribution in [0.3, 0.4) is 0 Å². The molecule has 0 radical (unpaired) electrons. The van der Waals surface area contributed by atoms with Gasteiger partial charge in [-0.3, -0.25) is 9.69 Å². The third-order valence-electron chi connectivity index (χ3n) is 4.07. The number of likely N-dealkylation sites (tertiary alicyclic amines) is 1. The zero-order chi connectivity index (χ0) is 14.5. The summed E-state index contributed by atoms with van der Waals surface area (Å²) in [7, 11) is 0. The quantitative estimate of drug-likeness (QED) is 0.768. The lowest BCUT2D eigenvalue weighted by molar-refractivity contribution is 0.0835. The van der Waals surface area contributed by atoms with E-state index in [-0.39, 0.29) is 11.7 Å². The number of nitrogens with zero attached hydrogens (tertiary/aromatic N) is 1. The molecule has 110 valence electrons. The Balaban J connectivity index is 1.93. The summed E-state index contributed by atoms with van der Waals surface area (Å²) in [6, 6.07) is 7.84. The van der Waals surface area contributed by atoms with Crippen LogP contribution in [-0.4, -0.2) is 36.5 Å². The molecule has 2 unspecified atom stereocenters. The number of Topliss-reactive ketones (excluding diaryl/α,β-unsaturated/α-hetero) is 1. The van der Waals surface area contributed by atoms with Gasteiger partial charge in [-0.25, -0.2) is 4.39 Å². The van der Waals surface area contributed by atoms with Crippen molar-refractivity contribution in [1.82, 2.24) is 4.90 Å². The molecule has 0 amide bonds. The van der Waals surface area contributed by atoms with E-state index in [4.69, 9.17) is 0 Å². The molecule has 0 aromatic heterocycles. The number of carbonyl (C=O) groups excluding carboxylic acids is 1. The van der Waals surface area contributed by atoms with Gasteiger partial charge in [-0.2, -0.15) is 0 Å². The van der Waals surface area contributed by atoms with Crippen molar-refractivity contribution in [2.24, 2.45) is 5.92 Å². The lowest BCUT2D eigenvalue weighted by Gasteiger charge is -2.30. The molecule has 2 atom stereocenters. The monoisotopic (exact) mass is 277 g/mol. The highest BCUT2D eigenvalue weighted by Gasteiger charge is 2.23. The van der Waals surface area contributed by atoms with E-state index in [0.29, 0.717) is 19.5 Å². The van der Waals surface area contributed by atoms with Gasteiger partial charge >= 0.3 is 0 Å². The lowest BCUT2D eigenvalue weighted by Crippen LogP contribution is -2.40. The van der Waals surface area contributed by atoms with E-state index in [9.17, 15) is 9.18 Å². The maximum absolute atomic E-state index is 13.4.